The third-order valence-electron chi connectivity index (χ3n) is 3.59. The Hall–Kier alpha value is -2.45. The van der Waals surface area contributed by atoms with Crippen molar-refractivity contribution in [3.05, 3.63) is 46.4 Å². The second-order valence-electron chi connectivity index (χ2n) is 5.65. The molecule has 2 aromatic carbocycles. The van der Waals surface area contributed by atoms with E-state index in [0.29, 0.717) is 22.9 Å². The van der Waals surface area contributed by atoms with Gasteiger partial charge in [0, 0.05) is 22.3 Å². The molecule has 0 saturated carbocycles. The van der Waals surface area contributed by atoms with Crippen LogP contribution in [0.15, 0.2) is 40.9 Å². The first-order valence-electron chi connectivity index (χ1n) is 7.99. The largest absolute Gasteiger partial charge is 0.323 e. The Bertz CT molecular complexity index is 986. The van der Waals surface area contributed by atoms with E-state index in [2.05, 4.69) is 36.9 Å². The van der Waals surface area contributed by atoms with Crippen LogP contribution in [0.2, 0.25) is 0 Å². The second-order valence-corrected chi connectivity index (χ2v) is 7.60. The number of thiazole rings is 1. The maximum atomic E-state index is 12.2. The number of anilines is 3. The first-order valence-corrected chi connectivity index (χ1v) is 9.60. The Balaban J connectivity index is 1.77. The lowest BCUT2D eigenvalue weighted by atomic mass is 10.2. The van der Waals surface area contributed by atoms with E-state index in [4.69, 9.17) is 0 Å². The lowest BCUT2D eigenvalue weighted by Gasteiger charge is -2.09. The monoisotopic (exact) mass is 432 g/mol. The SMILES string of the molecule is CCC(=O)Nc1nc2c(C)cc(NC(=O)Nc3cccc(Br)c3)cc2s1. The Morgan fingerprint density at radius 2 is 1.88 bits per heavy atom. The minimum absolute atomic E-state index is 0.0755. The number of aromatic nitrogens is 1. The van der Waals surface area contributed by atoms with Crippen LogP contribution in [0.1, 0.15) is 18.9 Å². The molecule has 3 aromatic rings. The molecule has 0 saturated heterocycles. The van der Waals surface area contributed by atoms with Crippen molar-refractivity contribution in [1.82, 2.24) is 4.98 Å². The third kappa shape index (κ3) is 4.39. The van der Waals surface area contributed by atoms with E-state index in [1.165, 1.54) is 11.3 Å². The smallest absolute Gasteiger partial charge is 0.308 e. The second kappa shape index (κ2) is 7.84. The highest BCUT2D eigenvalue weighted by atomic mass is 79.9. The molecule has 3 rings (SSSR count). The number of urea groups is 1. The van der Waals surface area contributed by atoms with Crippen LogP contribution in [0.4, 0.5) is 21.3 Å². The summed E-state index contributed by atoms with van der Waals surface area (Å²) in [5.41, 5.74) is 3.10. The van der Waals surface area contributed by atoms with E-state index in [9.17, 15) is 9.59 Å². The lowest BCUT2D eigenvalue weighted by molar-refractivity contribution is -0.115. The molecule has 0 fully saturated rings. The van der Waals surface area contributed by atoms with Crippen molar-refractivity contribution in [2.45, 2.75) is 20.3 Å². The number of halogens is 1. The van der Waals surface area contributed by atoms with Crippen LogP contribution in [0.25, 0.3) is 10.2 Å². The molecule has 0 aliphatic rings. The zero-order valence-corrected chi connectivity index (χ0v) is 16.6. The van der Waals surface area contributed by atoms with Gasteiger partial charge in [-0.3, -0.25) is 4.79 Å². The van der Waals surface area contributed by atoms with Gasteiger partial charge in [-0.25, -0.2) is 9.78 Å². The van der Waals surface area contributed by atoms with Crippen molar-refractivity contribution in [1.29, 1.82) is 0 Å². The molecule has 0 spiro atoms. The van der Waals surface area contributed by atoms with Crippen molar-refractivity contribution < 1.29 is 9.59 Å². The van der Waals surface area contributed by atoms with Crippen LogP contribution in [-0.4, -0.2) is 16.9 Å². The molecule has 0 unspecified atom stereocenters. The van der Waals surface area contributed by atoms with E-state index in [1.54, 1.807) is 6.92 Å². The summed E-state index contributed by atoms with van der Waals surface area (Å²) in [6, 6.07) is 10.7. The Labute approximate surface area is 163 Å². The fourth-order valence-corrected chi connectivity index (χ4v) is 3.79. The van der Waals surface area contributed by atoms with Crippen LogP contribution in [-0.2, 0) is 4.79 Å². The first kappa shape index (κ1) is 18.3. The van der Waals surface area contributed by atoms with Crippen LogP contribution in [0.3, 0.4) is 0 Å². The van der Waals surface area contributed by atoms with Gasteiger partial charge in [0.2, 0.25) is 5.91 Å². The number of benzene rings is 2. The zero-order valence-electron chi connectivity index (χ0n) is 14.2. The highest BCUT2D eigenvalue weighted by Gasteiger charge is 2.11. The van der Waals surface area contributed by atoms with Crippen molar-refractivity contribution in [3.8, 4) is 0 Å². The zero-order chi connectivity index (χ0) is 18.7. The molecule has 6 nitrogen and oxygen atoms in total. The first-order chi connectivity index (χ1) is 12.4. The highest BCUT2D eigenvalue weighted by Crippen LogP contribution is 2.31. The minimum atomic E-state index is -0.328. The van der Waals surface area contributed by atoms with Crippen molar-refractivity contribution in [2.75, 3.05) is 16.0 Å². The van der Waals surface area contributed by atoms with E-state index >= 15 is 0 Å². The summed E-state index contributed by atoms with van der Waals surface area (Å²) in [7, 11) is 0. The summed E-state index contributed by atoms with van der Waals surface area (Å²) < 4.78 is 1.79. The van der Waals surface area contributed by atoms with Gasteiger partial charge in [0.05, 0.1) is 10.2 Å². The summed E-state index contributed by atoms with van der Waals surface area (Å²) in [6.45, 7) is 3.71. The standard InChI is InChI=1S/C18H17BrN4O2S/c1-3-15(24)22-18-23-16-10(2)7-13(9-14(16)26-18)21-17(25)20-12-6-4-5-11(19)8-12/h4-9H,3H2,1-2H3,(H2,20,21,25)(H,22,23,24). The predicted molar refractivity (Wildman–Crippen MR) is 110 cm³/mol. The molecule has 0 aliphatic heterocycles. The van der Waals surface area contributed by atoms with Gasteiger partial charge in [-0.1, -0.05) is 40.3 Å². The number of nitrogens with one attached hydrogen (secondary N) is 3. The Morgan fingerprint density at radius 3 is 2.62 bits per heavy atom. The molecule has 0 radical (unpaired) electrons. The van der Waals surface area contributed by atoms with E-state index in [-0.39, 0.29) is 11.9 Å². The Morgan fingerprint density at radius 1 is 1.12 bits per heavy atom. The number of hydrogen-bond acceptors (Lipinski definition) is 4. The summed E-state index contributed by atoms with van der Waals surface area (Å²) in [6.07, 6.45) is 0.400. The number of carbonyl (C=O) groups is 2. The van der Waals surface area contributed by atoms with Gasteiger partial charge in [-0.15, -0.1) is 0 Å². The van der Waals surface area contributed by atoms with Crippen molar-refractivity contribution in [3.63, 3.8) is 0 Å². The fraction of sp³-hybridized carbons (Fsp3) is 0.167. The normalized spacial score (nSPS) is 10.6. The minimum Gasteiger partial charge on any atom is -0.308 e. The highest BCUT2D eigenvalue weighted by molar-refractivity contribution is 9.10. The van der Waals surface area contributed by atoms with E-state index in [0.717, 1.165) is 20.3 Å². The summed E-state index contributed by atoms with van der Waals surface area (Å²) >= 11 is 4.75. The number of nitrogens with zero attached hydrogens (tertiary/aromatic N) is 1. The van der Waals surface area contributed by atoms with Crippen LogP contribution in [0.5, 0.6) is 0 Å². The van der Waals surface area contributed by atoms with Gasteiger partial charge in [0.15, 0.2) is 5.13 Å². The Kier molecular flexibility index (Phi) is 5.53. The van der Waals surface area contributed by atoms with Crippen LogP contribution >= 0.6 is 27.3 Å². The maximum Gasteiger partial charge on any atom is 0.323 e. The van der Waals surface area contributed by atoms with E-state index < -0.39 is 0 Å². The number of rotatable bonds is 4. The molecule has 3 N–H and O–H groups in total. The molecule has 0 atom stereocenters. The molecule has 0 aliphatic carbocycles. The van der Waals surface area contributed by atoms with Gasteiger partial charge in [-0.2, -0.15) is 0 Å². The molecule has 0 bridgehead atoms. The van der Waals surface area contributed by atoms with Crippen LogP contribution in [0, 0.1) is 6.92 Å². The van der Waals surface area contributed by atoms with Gasteiger partial charge in [0.1, 0.15) is 0 Å². The molecule has 8 heteroatoms. The average molecular weight is 433 g/mol. The maximum absolute atomic E-state index is 12.2. The average Bonchev–Trinajstić information content (AvgIpc) is 2.97. The van der Waals surface area contributed by atoms with Gasteiger partial charge < -0.3 is 16.0 Å². The number of carbonyl (C=O) groups excluding carboxylic acids is 2. The van der Waals surface area contributed by atoms with Crippen molar-refractivity contribution in [2.24, 2.45) is 0 Å². The number of amides is 3. The number of fused-ring (bicyclic) bond motifs is 1. The van der Waals surface area contributed by atoms with Crippen LogP contribution < -0.4 is 16.0 Å². The van der Waals surface area contributed by atoms with Gasteiger partial charge in [0.25, 0.3) is 0 Å². The molecule has 134 valence electrons. The van der Waals surface area contributed by atoms with E-state index in [1.807, 2.05) is 43.3 Å². The molecule has 1 aromatic heterocycles. The van der Waals surface area contributed by atoms with Crippen molar-refractivity contribution >= 4 is 65.9 Å². The summed E-state index contributed by atoms with van der Waals surface area (Å²) in [5.74, 6) is -0.0755. The van der Waals surface area contributed by atoms with Gasteiger partial charge >= 0.3 is 6.03 Å². The van der Waals surface area contributed by atoms with Gasteiger partial charge in [-0.05, 0) is 42.8 Å². The molecular weight excluding hydrogens is 416 g/mol. The summed E-state index contributed by atoms with van der Waals surface area (Å²) in [5, 5.41) is 8.95. The quantitative estimate of drug-likeness (QED) is 0.518. The molecule has 3 amide bonds. The number of hydrogen-bond donors (Lipinski definition) is 3. The fourth-order valence-electron chi connectivity index (χ4n) is 2.39. The topological polar surface area (TPSA) is 83.1 Å². The number of aryl methyl sites for hydroxylation is 1. The molecule has 26 heavy (non-hydrogen) atoms. The molecular formula is C18H17BrN4O2S. The predicted octanol–water partition coefficient (Wildman–Crippen LogP) is 5.36. The summed E-state index contributed by atoms with van der Waals surface area (Å²) in [4.78, 5) is 28.2. The molecule has 1 heterocycles. The third-order valence-corrected chi connectivity index (χ3v) is 5.00. The lowest BCUT2D eigenvalue weighted by Crippen LogP contribution is -2.19.